The van der Waals surface area contributed by atoms with E-state index in [1.165, 1.54) is 0 Å². The minimum absolute atomic E-state index is 0. The average molecular weight is 229 g/mol. The first kappa shape index (κ1) is 22.5. The second kappa shape index (κ2) is 8.90. The van der Waals surface area contributed by atoms with Gasteiger partial charge in [0.25, 0.3) is 0 Å². The van der Waals surface area contributed by atoms with E-state index in [0.29, 0.717) is 0 Å². The zero-order valence-corrected chi connectivity index (χ0v) is 6.75. The molecule has 0 aliphatic rings. The molecule has 0 radical (unpaired) electrons. The molecule has 8 heteroatoms. The van der Waals surface area contributed by atoms with Gasteiger partial charge in [-0.15, -0.1) is 0 Å². The van der Waals surface area contributed by atoms with Crippen LogP contribution in [0.5, 0.6) is 0 Å². The summed E-state index contributed by atoms with van der Waals surface area (Å²) in [4.78, 5) is 29.3. The van der Waals surface area contributed by atoms with Gasteiger partial charge in [-0.25, -0.2) is 0 Å². The molecule has 8 heavy (non-hydrogen) atoms. The summed E-state index contributed by atoms with van der Waals surface area (Å²) in [6, 6.07) is 0. The molecule has 0 aromatic carbocycles. The van der Waals surface area contributed by atoms with Gasteiger partial charge in [0.05, 0.1) is 0 Å². The minimum atomic E-state index is -4.61. The summed E-state index contributed by atoms with van der Waals surface area (Å²) in [5.41, 5.74) is 0. The van der Waals surface area contributed by atoms with Crippen LogP contribution in [0.25, 0.3) is 0 Å². The fourth-order valence-corrected chi connectivity index (χ4v) is 0. The molecule has 6 N–H and O–H groups in total. The van der Waals surface area contributed by atoms with Gasteiger partial charge in [-0.05, 0) is 0 Å². The van der Waals surface area contributed by atoms with Gasteiger partial charge in [0.2, 0.25) is 0 Å². The molecule has 0 aromatic heterocycles. The van der Waals surface area contributed by atoms with Crippen molar-refractivity contribution in [3.05, 3.63) is 0 Å². The smallest absolute Gasteiger partial charge is 0 e. The van der Waals surface area contributed by atoms with Gasteiger partial charge in [0.15, 0.2) is 0 Å². The van der Waals surface area contributed by atoms with Crippen LogP contribution in [0.15, 0.2) is 0 Å². The third-order valence-corrected chi connectivity index (χ3v) is 0. The van der Waals surface area contributed by atoms with Crippen LogP contribution in [0.1, 0.15) is 0 Å². The van der Waals surface area contributed by atoms with Gasteiger partial charge >= 0.3 is 38.6 Å². The Bertz CT molecular complexity index is 27.9. The van der Waals surface area contributed by atoms with Gasteiger partial charge in [-0.3, -0.25) is 0 Å². The standard InChI is InChI=1S/Na.H4O4Si.H2O.Zr.H/c;1-5(2,3)4;;;/h;1-4H;1H2;;. The summed E-state index contributed by atoms with van der Waals surface area (Å²) in [7, 11) is -4.61. The molecule has 0 aliphatic carbocycles. The molecular formula is H7NaO5SiZr. The first-order valence-electron chi connectivity index (χ1n) is 0.894. The van der Waals surface area contributed by atoms with Crippen LogP contribution in [-0.4, -0.2) is 63.3 Å². The Morgan fingerprint density at radius 3 is 0.875 bits per heavy atom. The molecule has 0 amide bonds. The molecule has 0 atom stereocenters. The van der Waals surface area contributed by atoms with Crippen molar-refractivity contribution in [1.82, 2.24) is 0 Å². The summed E-state index contributed by atoms with van der Waals surface area (Å²) in [5.74, 6) is 0. The number of rotatable bonds is 0. The Kier molecular flexibility index (Phi) is 25.1. The van der Waals surface area contributed by atoms with Crippen LogP contribution >= 0.6 is 0 Å². The van der Waals surface area contributed by atoms with Crippen LogP contribution in [0.3, 0.4) is 0 Å². The second-order valence-corrected chi connectivity index (χ2v) is 1.80. The van der Waals surface area contributed by atoms with Gasteiger partial charge < -0.3 is 24.7 Å². The maximum absolute atomic E-state index is 7.33. The molecule has 0 spiro atoms. The van der Waals surface area contributed by atoms with Crippen molar-refractivity contribution >= 4 is 38.6 Å². The molecule has 5 nitrogen and oxygen atoms in total. The van der Waals surface area contributed by atoms with Crippen molar-refractivity contribution in [3.63, 3.8) is 0 Å². The largest absolute Gasteiger partial charge is 0 e. The molecule has 46 valence electrons. The summed E-state index contributed by atoms with van der Waals surface area (Å²) >= 11 is 0. The Morgan fingerprint density at radius 2 is 0.875 bits per heavy atom. The number of hydrogen-bond donors (Lipinski definition) is 4. The Balaban J connectivity index is -0.0000000267. The zero-order chi connectivity index (χ0) is 4.50. The van der Waals surface area contributed by atoms with Gasteiger partial charge in [0, 0.05) is 26.2 Å². The van der Waals surface area contributed by atoms with Crippen molar-refractivity contribution in [1.29, 1.82) is 0 Å². The quantitative estimate of drug-likeness (QED) is 0.316. The van der Waals surface area contributed by atoms with Crippen LogP contribution in [-0.2, 0) is 26.2 Å². The van der Waals surface area contributed by atoms with Gasteiger partial charge in [-0.2, -0.15) is 0 Å². The van der Waals surface area contributed by atoms with E-state index in [1.807, 2.05) is 0 Å². The molecule has 0 rings (SSSR count). The molecule has 0 fully saturated rings. The van der Waals surface area contributed by atoms with Crippen molar-refractivity contribution in [3.8, 4) is 0 Å². The van der Waals surface area contributed by atoms with Crippen molar-refractivity contribution in [2.24, 2.45) is 0 Å². The fourth-order valence-electron chi connectivity index (χ4n) is 0. The SMILES string of the molecule is O.O[Si](O)(O)O.[NaH].[Zr]. The number of hydrogen-bond acceptors (Lipinski definition) is 4. The molecule has 0 unspecified atom stereocenters. The Labute approximate surface area is 88.6 Å². The van der Waals surface area contributed by atoms with Gasteiger partial charge in [-0.1, -0.05) is 0 Å². The maximum atomic E-state index is 7.33. The van der Waals surface area contributed by atoms with Crippen molar-refractivity contribution in [2.45, 2.75) is 0 Å². The van der Waals surface area contributed by atoms with Crippen LogP contribution in [0.4, 0.5) is 0 Å². The van der Waals surface area contributed by atoms with E-state index in [9.17, 15) is 0 Å². The molecular weight excluding hydrogens is 222 g/mol. The van der Waals surface area contributed by atoms with E-state index in [-0.39, 0.29) is 61.2 Å². The van der Waals surface area contributed by atoms with E-state index in [1.54, 1.807) is 0 Å². The van der Waals surface area contributed by atoms with E-state index in [2.05, 4.69) is 0 Å². The molecule has 0 saturated carbocycles. The van der Waals surface area contributed by atoms with E-state index < -0.39 is 9.05 Å². The fraction of sp³-hybridized carbons (Fsp3) is 0. The summed E-state index contributed by atoms with van der Waals surface area (Å²) in [6.07, 6.45) is 0. The zero-order valence-electron chi connectivity index (χ0n) is 3.29. The van der Waals surface area contributed by atoms with E-state index >= 15 is 0 Å². The third-order valence-electron chi connectivity index (χ3n) is 0. The summed E-state index contributed by atoms with van der Waals surface area (Å²) in [6.45, 7) is 0. The first-order chi connectivity index (χ1) is 2.00. The predicted octanol–water partition coefficient (Wildman–Crippen LogP) is -4.08. The average Bonchev–Trinajstić information content (AvgIpc) is 0.722. The topological polar surface area (TPSA) is 112 Å². The van der Waals surface area contributed by atoms with E-state index in [4.69, 9.17) is 19.2 Å². The van der Waals surface area contributed by atoms with Gasteiger partial charge in [0.1, 0.15) is 0 Å². The Morgan fingerprint density at radius 1 is 0.875 bits per heavy atom. The first-order valence-corrected chi connectivity index (χ1v) is 2.68. The summed E-state index contributed by atoms with van der Waals surface area (Å²) in [5, 5.41) is 0. The Hall–Kier alpha value is 1.90. The normalized spacial score (nSPS) is 7.50. The van der Waals surface area contributed by atoms with Crippen LogP contribution < -0.4 is 0 Å². The molecule has 0 aliphatic heterocycles. The summed E-state index contributed by atoms with van der Waals surface area (Å²) < 4.78 is 0. The van der Waals surface area contributed by atoms with E-state index in [0.717, 1.165) is 0 Å². The maximum Gasteiger partial charge on any atom is 0 e. The van der Waals surface area contributed by atoms with Crippen molar-refractivity contribution < 1.29 is 50.9 Å². The minimum Gasteiger partial charge on any atom is 0 e. The molecule has 0 bridgehead atoms. The molecule has 0 aromatic rings. The van der Waals surface area contributed by atoms with Crippen molar-refractivity contribution in [2.75, 3.05) is 0 Å². The van der Waals surface area contributed by atoms with Crippen LogP contribution in [0, 0.1) is 0 Å². The molecule has 0 heterocycles. The third kappa shape index (κ3) is 104. The second-order valence-electron chi connectivity index (χ2n) is 0.600. The molecule has 0 saturated heterocycles. The monoisotopic (exact) mass is 228 g/mol. The van der Waals surface area contributed by atoms with Crippen LogP contribution in [0.2, 0.25) is 0 Å². The predicted molar refractivity (Wildman–Crippen MR) is 25.4 cm³/mol.